The second-order valence-electron chi connectivity index (χ2n) is 4.94. The zero-order valence-corrected chi connectivity index (χ0v) is 12.5. The van der Waals surface area contributed by atoms with Crippen LogP contribution in [0.1, 0.15) is 45.2 Å². The standard InChI is InChI=1S/C16H28N2O/c1-4-6-11-18(12-13-19)16-9-7-15(8-10-16)14(3)17-5-2/h7-10,14,17,19H,4-6,11-13H2,1-3H3. The number of unbranched alkanes of at least 4 members (excludes halogenated alkanes) is 1. The number of hydrogen-bond acceptors (Lipinski definition) is 3. The first-order valence-corrected chi connectivity index (χ1v) is 7.42. The Bertz CT molecular complexity index is 337. The van der Waals surface area contributed by atoms with Crippen molar-refractivity contribution in [1.29, 1.82) is 0 Å². The Kier molecular flexibility index (Phi) is 7.53. The number of rotatable bonds is 9. The summed E-state index contributed by atoms with van der Waals surface area (Å²) in [5, 5.41) is 12.6. The van der Waals surface area contributed by atoms with Crippen LogP contribution in [0.3, 0.4) is 0 Å². The summed E-state index contributed by atoms with van der Waals surface area (Å²) in [5.74, 6) is 0. The molecule has 0 aliphatic carbocycles. The lowest BCUT2D eigenvalue weighted by Crippen LogP contribution is -2.27. The lowest BCUT2D eigenvalue weighted by atomic mass is 10.1. The van der Waals surface area contributed by atoms with Crippen LogP contribution in [0.2, 0.25) is 0 Å². The molecule has 0 radical (unpaired) electrons. The van der Waals surface area contributed by atoms with Gasteiger partial charge in [0.05, 0.1) is 6.61 Å². The molecule has 0 aliphatic rings. The molecule has 0 saturated carbocycles. The molecule has 1 atom stereocenters. The van der Waals surface area contributed by atoms with Crippen molar-refractivity contribution in [2.45, 2.75) is 39.7 Å². The number of nitrogens with one attached hydrogen (secondary N) is 1. The van der Waals surface area contributed by atoms with Crippen molar-refractivity contribution >= 4 is 5.69 Å². The summed E-state index contributed by atoms with van der Waals surface area (Å²) in [5.41, 5.74) is 2.51. The van der Waals surface area contributed by atoms with E-state index in [0.717, 1.165) is 19.5 Å². The average molecular weight is 264 g/mol. The fourth-order valence-corrected chi connectivity index (χ4v) is 2.24. The molecule has 1 aromatic rings. The van der Waals surface area contributed by atoms with Gasteiger partial charge in [0.15, 0.2) is 0 Å². The van der Waals surface area contributed by atoms with Gasteiger partial charge in [0.2, 0.25) is 0 Å². The molecular weight excluding hydrogens is 236 g/mol. The number of aliphatic hydroxyl groups is 1. The maximum absolute atomic E-state index is 9.16. The molecule has 0 aliphatic heterocycles. The van der Waals surface area contributed by atoms with Gasteiger partial charge < -0.3 is 15.3 Å². The second-order valence-corrected chi connectivity index (χ2v) is 4.94. The molecule has 2 N–H and O–H groups in total. The highest BCUT2D eigenvalue weighted by molar-refractivity contribution is 5.48. The lowest BCUT2D eigenvalue weighted by Gasteiger charge is -2.24. The molecule has 19 heavy (non-hydrogen) atoms. The normalized spacial score (nSPS) is 12.4. The van der Waals surface area contributed by atoms with E-state index in [1.807, 2.05) is 0 Å². The highest BCUT2D eigenvalue weighted by atomic mass is 16.3. The zero-order valence-electron chi connectivity index (χ0n) is 12.5. The van der Waals surface area contributed by atoms with Crippen LogP contribution >= 0.6 is 0 Å². The van der Waals surface area contributed by atoms with Gasteiger partial charge in [-0.25, -0.2) is 0 Å². The van der Waals surface area contributed by atoms with Crippen LogP contribution in [-0.2, 0) is 0 Å². The number of nitrogens with zero attached hydrogens (tertiary/aromatic N) is 1. The minimum atomic E-state index is 0.208. The van der Waals surface area contributed by atoms with E-state index in [1.54, 1.807) is 0 Å². The minimum absolute atomic E-state index is 0.208. The molecule has 1 aromatic carbocycles. The third-order valence-corrected chi connectivity index (χ3v) is 3.42. The van der Waals surface area contributed by atoms with E-state index in [1.165, 1.54) is 17.7 Å². The van der Waals surface area contributed by atoms with E-state index < -0.39 is 0 Å². The van der Waals surface area contributed by atoms with Crippen molar-refractivity contribution in [1.82, 2.24) is 5.32 Å². The topological polar surface area (TPSA) is 35.5 Å². The van der Waals surface area contributed by atoms with Gasteiger partial charge >= 0.3 is 0 Å². The summed E-state index contributed by atoms with van der Waals surface area (Å²) in [7, 11) is 0. The molecular formula is C16H28N2O. The van der Waals surface area contributed by atoms with Crippen LogP contribution in [0, 0.1) is 0 Å². The Hall–Kier alpha value is -1.06. The largest absolute Gasteiger partial charge is 0.395 e. The fourth-order valence-electron chi connectivity index (χ4n) is 2.24. The van der Waals surface area contributed by atoms with Crippen molar-refractivity contribution in [2.24, 2.45) is 0 Å². The Morgan fingerprint density at radius 1 is 1.16 bits per heavy atom. The van der Waals surface area contributed by atoms with Gasteiger partial charge in [-0.2, -0.15) is 0 Å². The Morgan fingerprint density at radius 2 is 1.84 bits per heavy atom. The van der Waals surface area contributed by atoms with Crippen molar-refractivity contribution in [3.8, 4) is 0 Å². The number of aliphatic hydroxyl groups excluding tert-OH is 1. The third-order valence-electron chi connectivity index (χ3n) is 3.42. The van der Waals surface area contributed by atoms with Crippen molar-refractivity contribution in [3.05, 3.63) is 29.8 Å². The van der Waals surface area contributed by atoms with Crippen molar-refractivity contribution < 1.29 is 5.11 Å². The Morgan fingerprint density at radius 3 is 2.37 bits per heavy atom. The van der Waals surface area contributed by atoms with Crippen LogP contribution in [0.15, 0.2) is 24.3 Å². The SMILES string of the molecule is CCCCN(CCO)c1ccc(C(C)NCC)cc1. The fraction of sp³-hybridized carbons (Fsp3) is 0.625. The van der Waals surface area contributed by atoms with Crippen LogP contribution < -0.4 is 10.2 Å². The smallest absolute Gasteiger partial charge is 0.0606 e. The van der Waals surface area contributed by atoms with Gasteiger partial charge in [-0.15, -0.1) is 0 Å². The molecule has 0 spiro atoms. The molecule has 1 rings (SSSR count). The molecule has 0 amide bonds. The molecule has 3 heteroatoms. The highest BCUT2D eigenvalue weighted by Crippen LogP contribution is 2.19. The lowest BCUT2D eigenvalue weighted by molar-refractivity contribution is 0.301. The van der Waals surface area contributed by atoms with E-state index in [2.05, 4.69) is 55.3 Å². The molecule has 0 bridgehead atoms. The first-order valence-electron chi connectivity index (χ1n) is 7.42. The second kappa shape index (κ2) is 8.94. The molecule has 0 heterocycles. The summed E-state index contributed by atoms with van der Waals surface area (Å²) >= 11 is 0. The average Bonchev–Trinajstić information content (AvgIpc) is 2.44. The molecule has 0 aromatic heterocycles. The summed E-state index contributed by atoms with van der Waals surface area (Å²) in [6.07, 6.45) is 2.34. The predicted octanol–water partition coefficient (Wildman–Crippen LogP) is 2.96. The zero-order chi connectivity index (χ0) is 14.1. The van der Waals surface area contributed by atoms with E-state index in [0.29, 0.717) is 12.6 Å². The molecule has 1 unspecified atom stereocenters. The van der Waals surface area contributed by atoms with Gasteiger partial charge in [-0.05, 0) is 37.6 Å². The van der Waals surface area contributed by atoms with Crippen molar-refractivity contribution in [2.75, 3.05) is 31.1 Å². The van der Waals surface area contributed by atoms with Gasteiger partial charge in [0.1, 0.15) is 0 Å². The van der Waals surface area contributed by atoms with Crippen molar-refractivity contribution in [3.63, 3.8) is 0 Å². The quantitative estimate of drug-likeness (QED) is 0.720. The molecule has 108 valence electrons. The first kappa shape index (κ1) is 16.0. The number of benzene rings is 1. The third kappa shape index (κ3) is 5.21. The maximum Gasteiger partial charge on any atom is 0.0606 e. The van der Waals surface area contributed by atoms with Gasteiger partial charge in [-0.1, -0.05) is 32.4 Å². The monoisotopic (exact) mass is 264 g/mol. The molecule has 3 nitrogen and oxygen atoms in total. The van der Waals surface area contributed by atoms with Gasteiger partial charge in [0, 0.05) is 24.8 Å². The summed E-state index contributed by atoms with van der Waals surface area (Å²) in [6.45, 7) is 9.41. The molecule has 0 saturated heterocycles. The summed E-state index contributed by atoms with van der Waals surface area (Å²) < 4.78 is 0. The van der Waals surface area contributed by atoms with Crippen LogP contribution in [0.4, 0.5) is 5.69 Å². The van der Waals surface area contributed by atoms with Crippen LogP contribution in [0.5, 0.6) is 0 Å². The Balaban J connectivity index is 2.70. The van der Waals surface area contributed by atoms with Crippen LogP contribution in [-0.4, -0.2) is 31.3 Å². The number of anilines is 1. The van der Waals surface area contributed by atoms with E-state index >= 15 is 0 Å². The minimum Gasteiger partial charge on any atom is -0.395 e. The van der Waals surface area contributed by atoms with Crippen LogP contribution in [0.25, 0.3) is 0 Å². The van der Waals surface area contributed by atoms with E-state index in [4.69, 9.17) is 5.11 Å². The predicted molar refractivity (Wildman–Crippen MR) is 82.7 cm³/mol. The van der Waals surface area contributed by atoms with Gasteiger partial charge in [-0.3, -0.25) is 0 Å². The maximum atomic E-state index is 9.16. The van der Waals surface area contributed by atoms with Gasteiger partial charge in [0.25, 0.3) is 0 Å². The summed E-state index contributed by atoms with van der Waals surface area (Å²) in [6, 6.07) is 9.07. The molecule has 0 fully saturated rings. The summed E-state index contributed by atoms with van der Waals surface area (Å²) in [4.78, 5) is 2.26. The van der Waals surface area contributed by atoms with E-state index in [9.17, 15) is 0 Å². The Labute approximate surface area is 117 Å². The van der Waals surface area contributed by atoms with E-state index in [-0.39, 0.29) is 6.61 Å². The highest BCUT2D eigenvalue weighted by Gasteiger charge is 2.07. The number of hydrogen-bond donors (Lipinski definition) is 2. The first-order chi connectivity index (χ1) is 9.22.